The van der Waals surface area contributed by atoms with Crippen LogP contribution in [0.4, 0.5) is 5.13 Å². The van der Waals surface area contributed by atoms with Crippen LogP contribution in [0.5, 0.6) is 5.75 Å². The van der Waals surface area contributed by atoms with Crippen LogP contribution in [0.25, 0.3) is 0 Å². The van der Waals surface area contributed by atoms with E-state index in [0.717, 1.165) is 28.5 Å². The van der Waals surface area contributed by atoms with Crippen molar-refractivity contribution in [2.24, 2.45) is 0 Å². The van der Waals surface area contributed by atoms with Crippen molar-refractivity contribution in [2.45, 2.75) is 19.3 Å². The minimum Gasteiger partial charge on any atom is -0.494 e. The van der Waals surface area contributed by atoms with E-state index in [0.29, 0.717) is 18.2 Å². The fourth-order valence-corrected chi connectivity index (χ4v) is 3.57. The monoisotopic (exact) mass is 359 g/mol. The first kappa shape index (κ1) is 16.6. The summed E-state index contributed by atoms with van der Waals surface area (Å²) in [7, 11) is 0. The Labute approximate surface area is 148 Å². The van der Waals surface area contributed by atoms with Gasteiger partial charge < -0.3 is 10.1 Å². The first-order chi connectivity index (χ1) is 11.8. The van der Waals surface area contributed by atoms with Gasteiger partial charge in [0.1, 0.15) is 10.8 Å². The van der Waals surface area contributed by atoms with Gasteiger partial charge in [0.05, 0.1) is 13.0 Å². The Kier molecular flexibility index (Phi) is 5.92. The van der Waals surface area contributed by atoms with E-state index in [1.54, 1.807) is 11.3 Å². The topological polar surface area (TPSA) is 64.1 Å². The molecule has 0 aliphatic carbocycles. The standard InChI is InChI=1S/C17H17N3O2S2/c21-15(12-14-8-5-11-23-14)18-17-20-19-16(24-17)9-4-10-22-13-6-2-1-3-7-13/h1-3,5-8,11H,4,9-10,12H2,(H,18,20,21). The van der Waals surface area contributed by atoms with Gasteiger partial charge in [-0.15, -0.1) is 21.5 Å². The number of amides is 1. The molecule has 0 unspecified atom stereocenters. The van der Waals surface area contributed by atoms with Gasteiger partial charge in [-0.1, -0.05) is 35.6 Å². The van der Waals surface area contributed by atoms with Crippen LogP contribution in [-0.4, -0.2) is 22.7 Å². The normalized spacial score (nSPS) is 10.5. The number of thiophene rings is 1. The lowest BCUT2D eigenvalue weighted by Crippen LogP contribution is -2.13. The van der Waals surface area contributed by atoms with Crippen molar-refractivity contribution in [3.8, 4) is 5.75 Å². The smallest absolute Gasteiger partial charge is 0.231 e. The number of carbonyl (C=O) groups excluding carboxylic acids is 1. The number of ether oxygens (including phenoxy) is 1. The summed E-state index contributed by atoms with van der Waals surface area (Å²) >= 11 is 2.99. The summed E-state index contributed by atoms with van der Waals surface area (Å²) in [5, 5.41) is 14.3. The molecule has 0 spiro atoms. The zero-order valence-electron chi connectivity index (χ0n) is 13.0. The van der Waals surface area contributed by atoms with Crippen LogP contribution >= 0.6 is 22.7 Å². The highest BCUT2D eigenvalue weighted by molar-refractivity contribution is 7.15. The van der Waals surface area contributed by atoms with Crippen LogP contribution < -0.4 is 10.1 Å². The van der Waals surface area contributed by atoms with E-state index < -0.39 is 0 Å². The molecule has 5 nitrogen and oxygen atoms in total. The molecule has 0 saturated heterocycles. The number of carbonyl (C=O) groups is 1. The molecule has 3 rings (SSSR count). The maximum Gasteiger partial charge on any atom is 0.231 e. The lowest BCUT2D eigenvalue weighted by molar-refractivity contribution is -0.115. The molecule has 0 fully saturated rings. The third kappa shape index (κ3) is 5.14. The van der Waals surface area contributed by atoms with Crippen molar-refractivity contribution >= 4 is 33.7 Å². The number of aromatic nitrogens is 2. The van der Waals surface area contributed by atoms with Crippen molar-refractivity contribution < 1.29 is 9.53 Å². The molecule has 0 saturated carbocycles. The summed E-state index contributed by atoms with van der Waals surface area (Å²) < 4.78 is 5.65. The molecule has 7 heteroatoms. The van der Waals surface area contributed by atoms with Crippen LogP contribution in [0.3, 0.4) is 0 Å². The molecule has 1 N–H and O–H groups in total. The SMILES string of the molecule is O=C(Cc1cccs1)Nc1nnc(CCCOc2ccccc2)s1. The van der Waals surface area contributed by atoms with Crippen LogP contribution in [0.2, 0.25) is 0 Å². The van der Waals surface area contributed by atoms with Gasteiger partial charge in [-0.2, -0.15) is 0 Å². The number of hydrogen-bond acceptors (Lipinski definition) is 6. The molecular weight excluding hydrogens is 342 g/mol. The largest absolute Gasteiger partial charge is 0.494 e. The molecular formula is C17H17N3O2S2. The van der Waals surface area contributed by atoms with Gasteiger partial charge in [0.2, 0.25) is 11.0 Å². The quantitative estimate of drug-likeness (QED) is 0.622. The van der Waals surface area contributed by atoms with Crippen molar-refractivity contribution in [1.29, 1.82) is 0 Å². The Hall–Kier alpha value is -2.25. The zero-order valence-corrected chi connectivity index (χ0v) is 14.6. The second-order valence-electron chi connectivity index (χ2n) is 5.07. The van der Waals surface area contributed by atoms with E-state index in [2.05, 4.69) is 15.5 Å². The molecule has 0 radical (unpaired) electrons. The predicted octanol–water partition coefficient (Wildman–Crippen LogP) is 3.79. The highest BCUT2D eigenvalue weighted by Crippen LogP contribution is 2.18. The van der Waals surface area contributed by atoms with Crippen LogP contribution in [0, 0.1) is 0 Å². The molecule has 0 atom stereocenters. The number of hydrogen-bond donors (Lipinski definition) is 1. The van der Waals surface area contributed by atoms with Crippen LogP contribution in [0.1, 0.15) is 16.3 Å². The van der Waals surface area contributed by atoms with Crippen molar-refractivity contribution in [2.75, 3.05) is 11.9 Å². The van der Waals surface area contributed by atoms with E-state index in [9.17, 15) is 4.79 Å². The molecule has 24 heavy (non-hydrogen) atoms. The van der Waals surface area contributed by atoms with E-state index in [4.69, 9.17) is 4.74 Å². The van der Waals surface area contributed by atoms with Gasteiger partial charge in [0.15, 0.2) is 0 Å². The number of para-hydroxylation sites is 1. The third-order valence-corrected chi connectivity index (χ3v) is 4.95. The summed E-state index contributed by atoms with van der Waals surface area (Å²) in [5.41, 5.74) is 0. The number of benzene rings is 1. The molecule has 1 aromatic carbocycles. The van der Waals surface area contributed by atoms with E-state index in [1.807, 2.05) is 47.8 Å². The summed E-state index contributed by atoms with van der Waals surface area (Å²) in [6.07, 6.45) is 2.01. The number of nitrogens with one attached hydrogen (secondary N) is 1. The Morgan fingerprint density at radius 3 is 2.79 bits per heavy atom. The molecule has 2 aromatic heterocycles. The van der Waals surface area contributed by atoms with Crippen molar-refractivity contribution in [1.82, 2.24) is 10.2 Å². The first-order valence-electron chi connectivity index (χ1n) is 7.62. The Morgan fingerprint density at radius 1 is 1.12 bits per heavy atom. The van der Waals surface area contributed by atoms with Crippen molar-refractivity contribution in [3.63, 3.8) is 0 Å². The van der Waals surface area contributed by atoms with E-state index in [-0.39, 0.29) is 5.91 Å². The van der Waals surface area contributed by atoms with Crippen molar-refractivity contribution in [3.05, 3.63) is 57.7 Å². The van der Waals surface area contributed by atoms with E-state index in [1.165, 1.54) is 11.3 Å². The Morgan fingerprint density at radius 2 is 2.00 bits per heavy atom. The fourth-order valence-electron chi connectivity index (χ4n) is 2.07. The lowest BCUT2D eigenvalue weighted by Gasteiger charge is -2.04. The zero-order chi connectivity index (χ0) is 16.6. The molecule has 0 aliphatic rings. The molecule has 0 bridgehead atoms. The van der Waals surface area contributed by atoms with Gasteiger partial charge in [-0.3, -0.25) is 4.79 Å². The average Bonchev–Trinajstić information content (AvgIpc) is 3.25. The molecule has 124 valence electrons. The maximum atomic E-state index is 11.9. The number of aryl methyl sites for hydroxylation is 1. The molecule has 2 heterocycles. The van der Waals surface area contributed by atoms with Crippen LogP contribution in [0.15, 0.2) is 47.8 Å². The van der Waals surface area contributed by atoms with Gasteiger partial charge in [-0.05, 0) is 30.0 Å². The highest BCUT2D eigenvalue weighted by atomic mass is 32.1. The molecule has 3 aromatic rings. The first-order valence-corrected chi connectivity index (χ1v) is 9.32. The minimum atomic E-state index is -0.0624. The predicted molar refractivity (Wildman–Crippen MR) is 96.8 cm³/mol. The second-order valence-corrected chi connectivity index (χ2v) is 7.16. The maximum absolute atomic E-state index is 11.9. The number of nitrogens with zero attached hydrogens (tertiary/aromatic N) is 2. The lowest BCUT2D eigenvalue weighted by atomic mass is 10.3. The summed E-state index contributed by atoms with van der Waals surface area (Å²) in [5.74, 6) is 0.809. The molecule has 1 amide bonds. The average molecular weight is 359 g/mol. The van der Waals surface area contributed by atoms with Gasteiger partial charge in [0.25, 0.3) is 0 Å². The minimum absolute atomic E-state index is 0.0624. The molecule has 0 aliphatic heterocycles. The Bertz CT molecular complexity index is 757. The summed E-state index contributed by atoms with van der Waals surface area (Å²) in [4.78, 5) is 13.0. The van der Waals surface area contributed by atoms with Gasteiger partial charge in [0, 0.05) is 11.3 Å². The Balaban J connectivity index is 1.39. The van der Waals surface area contributed by atoms with E-state index >= 15 is 0 Å². The fraction of sp³-hybridized carbons (Fsp3) is 0.235. The number of anilines is 1. The summed E-state index contributed by atoms with van der Waals surface area (Å²) in [6, 6.07) is 13.6. The van der Waals surface area contributed by atoms with Gasteiger partial charge in [-0.25, -0.2) is 0 Å². The summed E-state index contributed by atoms with van der Waals surface area (Å²) in [6.45, 7) is 0.629. The second kappa shape index (κ2) is 8.56. The van der Waals surface area contributed by atoms with Crippen LogP contribution in [-0.2, 0) is 17.6 Å². The highest BCUT2D eigenvalue weighted by Gasteiger charge is 2.09. The third-order valence-electron chi connectivity index (χ3n) is 3.18. The van der Waals surface area contributed by atoms with Gasteiger partial charge >= 0.3 is 0 Å². The number of rotatable bonds is 8.